The van der Waals surface area contributed by atoms with E-state index >= 15 is 0 Å². The van der Waals surface area contributed by atoms with Crippen LogP contribution < -0.4 is 4.90 Å². The summed E-state index contributed by atoms with van der Waals surface area (Å²) in [6.07, 6.45) is 7.62. The summed E-state index contributed by atoms with van der Waals surface area (Å²) in [6, 6.07) is 2.47. The van der Waals surface area contributed by atoms with Crippen molar-refractivity contribution < 1.29 is 4.79 Å². The molecule has 6 heteroatoms. The van der Waals surface area contributed by atoms with E-state index in [1.165, 1.54) is 12.8 Å². The molecule has 1 aliphatic carbocycles. The van der Waals surface area contributed by atoms with Gasteiger partial charge in [0.05, 0.1) is 11.1 Å². The van der Waals surface area contributed by atoms with Gasteiger partial charge in [0.1, 0.15) is 5.82 Å². The molecule has 0 bridgehead atoms. The van der Waals surface area contributed by atoms with Gasteiger partial charge in [-0.25, -0.2) is 4.98 Å². The highest BCUT2D eigenvalue weighted by Crippen LogP contribution is 2.41. The number of thiophene rings is 1. The largest absolute Gasteiger partial charge is 0.355 e. The van der Waals surface area contributed by atoms with Crippen LogP contribution in [0.1, 0.15) is 28.1 Å². The quantitative estimate of drug-likeness (QED) is 0.861. The van der Waals surface area contributed by atoms with E-state index in [0.29, 0.717) is 17.9 Å². The van der Waals surface area contributed by atoms with Crippen LogP contribution in [0.3, 0.4) is 0 Å². The molecule has 24 heavy (non-hydrogen) atoms. The summed E-state index contributed by atoms with van der Waals surface area (Å²) in [4.78, 5) is 26.6. The van der Waals surface area contributed by atoms with Crippen LogP contribution in [-0.4, -0.2) is 47.0 Å². The first-order valence-corrected chi connectivity index (χ1v) is 9.35. The summed E-state index contributed by atoms with van der Waals surface area (Å²) >= 11 is 1.56. The van der Waals surface area contributed by atoms with Gasteiger partial charge in [-0.2, -0.15) is 0 Å². The first kappa shape index (κ1) is 15.6. The zero-order valence-electron chi connectivity index (χ0n) is 14.1. The number of likely N-dealkylation sites (tertiary alicyclic amines) is 1. The zero-order valence-corrected chi connectivity index (χ0v) is 14.9. The number of hydrogen-bond acceptors (Lipinski definition) is 5. The molecule has 2 fully saturated rings. The first-order valence-electron chi connectivity index (χ1n) is 8.47. The van der Waals surface area contributed by atoms with Gasteiger partial charge < -0.3 is 9.80 Å². The predicted octanol–water partition coefficient (Wildman–Crippen LogP) is 2.83. The molecule has 126 valence electrons. The normalized spacial score (nSPS) is 25.8. The van der Waals surface area contributed by atoms with Crippen LogP contribution in [0, 0.1) is 18.8 Å². The molecule has 2 aliphatic rings. The van der Waals surface area contributed by atoms with E-state index in [0.717, 1.165) is 29.3 Å². The summed E-state index contributed by atoms with van der Waals surface area (Å²) in [6.45, 7) is 3.77. The van der Waals surface area contributed by atoms with Crippen molar-refractivity contribution in [2.24, 2.45) is 11.8 Å². The van der Waals surface area contributed by atoms with Crippen molar-refractivity contribution in [1.82, 2.24) is 14.9 Å². The molecule has 2 aromatic rings. The second-order valence-corrected chi connectivity index (χ2v) is 7.80. The van der Waals surface area contributed by atoms with Crippen molar-refractivity contribution in [3.05, 3.63) is 40.5 Å². The topological polar surface area (TPSA) is 49.3 Å². The van der Waals surface area contributed by atoms with Gasteiger partial charge in [0.2, 0.25) is 0 Å². The molecule has 1 saturated heterocycles. The van der Waals surface area contributed by atoms with E-state index in [4.69, 9.17) is 0 Å². The second-order valence-electron chi connectivity index (χ2n) is 6.89. The Morgan fingerprint density at radius 2 is 2.21 bits per heavy atom. The monoisotopic (exact) mass is 342 g/mol. The van der Waals surface area contributed by atoms with Gasteiger partial charge in [0.25, 0.3) is 5.91 Å². The molecule has 2 aromatic heterocycles. The Labute approximate surface area is 146 Å². The van der Waals surface area contributed by atoms with E-state index in [2.05, 4.69) is 26.8 Å². The number of anilines is 1. The molecule has 1 saturated carbocycles. The molecule has 0 aromatic carbocycles. The van der Waals surface area contributed by atoms with Gasteiger partial charge in [-0.3, -0.25) is 9.78 Å². The van der Waals surface area contributed by atoms with Crippen LogP contribution in [-0.2, 0) is 0 Å². The summed E-state index contributed by atoms with van der Waals surface area (Å²) in [5, 5.41) is 2.00. The molecule has 4 rings (SSSR count). The van der Waals surface area contributed by atoms with Crippen molar-refractivity contribution in [3.8, 4) is 0 Å². The van der Waals surface area contributed by atoms with Crippen LogP contribution in [0.25, 0.3) is 0 Å². The molecular weight excluding hydrogens is 320 g/mol. The fraction of sp³-hybridized carbons (Fsp3) is 0.500. The van der Waals surface area contributed by atoms with Crippen LogP contribution in [0.4, 0.5) is 5.82 Å². The maximum Gasteiger partial charge on any atom is 0.264 e. The van der Waals surface area contributed by atoms with Crippen molar-refractivity contribution in [3.63, 3.8) is 0 Å². The Bertz CT molecular complexity index is 732. The Balaban J connectivity index is 1.49. The lowest BCUT2D eigenvalue weighted by atomic mass is 9.97. The molecule has 0 spiro atoms. The van der Waals surface area contributed by atoms with Crippen molar-refractivity contribution in [2.75, 3.05) is 25.0 Å². The molecule has 0 radical (unpaired) electrons. The lowest BCUT2D eigenvalue weighted by molar-refractivity contribution is 0.0783. The Morgan fingerprint density at radius 1 is 1.33 bits per heavy atom. The number of carbonyl (C=O) groups is 1. The van der Waals surface area contributed by atoms with Crippen LogP contribution in [0.2, 0.25) is 0 Å². The fourth-order valence-electron chi connectivity index (χ4n) is 4.26. The van der Waals surface area contributed by atoms with Gasteiger partial charge in [-0.05, 0) is 42.7 Å². The van der Waals surface area contributed by atoms with Gasteiger partial charge in [0, 0.05) is 44.5 Å². The predicted molar refractivity (Wildman–Crippen MR) is 95.4 cm³/mol. The molecule has 5 nitrogen and oxygen atoms in total. The Hall–Kier alpha value is -1.95. The van der Waals surface area contributed by atoms with E-state index in [-0.39, 0.29) is 5.91 Å². The summed E-state index contributed by atoms with van der Waals surface area (Å²) in [7, 11) is 2.10. The number of carbonyl (C=O) groups excluding carboxylic acids is 1. The van der Waals surface area contributed by atoms with Crippen LogP contribution >= 0.6 is 11.3 Å². The number of aryl methyl sites for hydroxylation is 1. The summed E-state index contributed by atoms with van der Waals surface area (Å²) < 4.78 is 0. The van der Waals surface area contributed by atoms with E-state index in [1.807, 2.05) is 24.6 Å². The lowest BCUT2D eigenvalue weighted by Gasteiger charge is -2.30. The highest BCUT2D eigenvalue weighted by atomic mass is 32.1. The van der Waals surface area contributed by atoms with Gasteiger partial charge in [-0.15, -0.1) is 11.3 Å². The maximum atomic E-state index is 12.8. The Morgan fingerprint density at radius 3 is 2.92 bits per heavy atom. The molecule has 0 N–H and O–H groups in total. The highest BCUT2D eigenvalue weighted by Gasteiger charge is 2.46. The van der Waals surface area contributed by atoms with E-state index < -0.39 is 0 Å². The third kappa shape index (κ3) is 2.59. The van der Waals surface area contributed by atoms with Gasteiger partial charge in [0.15, 0.2) is 0 Å². The Kier molecular flexibility index (Phi) is 4.00. The summed E-state index contributed by atoms with van der Waals surface area (Å²) in [5.74, 6) is 2.26. The van der Waals surface area contributed by atoms with Crippen molar-refractivity contribution in [1.29, 1.82) is 0 Å². The fourth-order valence-corrected chi connectivity index (χ4v) is 5.15. The van der Waals surface area contributed by atoms with Crippen LogP contribution in [0.5, 0.6) is 0 Å². The average molecular weight is 342 g/mol. The molecular formula is C18H22N4OS. The minimum absolute atomic E-state index is 0.206. The number of nitrogens with zero attached hydrogens (tertiary/aromatic N) is 4. The average Bonchev–Trinajstić information content (AvgIpc) is 3.29. The minimum Gasteiger partial charge on any atom is -0.355 e. The lowest BCUT2D eigenvalue weighted by Crippen LogP contribution is -2.39. The van der Waals surface area contributed by atoms with Crippen molar-refractivity contribution >= 4 is 23.1 Å². The number of rotatable bonds is 3. The van der Waals surface area contributed by atoms with E-state index in [9.17, 15) is 4.79 Å². The van der Waals surface area contributed by atoms with Crippen LogP contribution in [0.15, 0.2) is 30.0 Å². The molecule has 3 atom stereocenters. The minimum atomic E-state index is 0.206. The third-order valence-corrected chi connectivity index (χ3v) is 6.58. The maximum absolute atomic E-state index is 12.8. The zero-order chi connectivity index (χ0) is 16.7. The van der Waals surface area contributed by atoms with Crippen molar-refractivity contribution in [2.45, 2.75) is 25.8 Å². The highest BCUT2D eigenvalue weighted by molar-refractivity contribution is 7.12. The molecule has 1 aliphatic heterocycles. The van der Waals surface area contributed by atoms with Gasteiger partial charge in [-0.1, -0.05) is 0 Å². The smallest absolute Gasteiger partial charge is 0.264 e. The number of aromatic nitrogens is 2. The molecule has 3 heterocycles. The summed E-state index contributed by atoms with van der Waals surface area (Å²) in [5.41, 5.74) is 1.09. The second kappa shape index (κ2) is 6.16. The molecule has 1 amide bonds. The number of hydrogen-bond donors (Lipinski definition) is 0. The SMILES string of the molecule is Cc1ccsc1C(=O)N1C[C@H]2CC[C@@H](N(C)c3cnccn3)[C@H]2C1. The first-order chi connectivity index (χ1) is 11.6. The standard InChI is InChI=1S/C18H22N4OS/c1-12-5-8-24-17(12)18(23)22-10-13-3-4-15(14(13)11-22)21(2)16-9-19-6-7-20-16/h5-9,13-15H,3-4,10-11H2,1-2H3/t13-,14+,15-/m1/s1. The van der Waals surface area contributed by atoms with E-state index in [1.54, 1.807) is 23.7 Å². The number of fused-ring (bicyclic) bond motifs is 1. The van der Waals surface area contributed by atoms with Gasteiger partial charge >= 0.3 is 0 Å². The molecule has 0 unspecified atom stereocenters. The number of amides is 1. The third-order valence-electron chi connectivity index (χ3n) is 5.57.